The highest BCUT2D eigenvalue weighted by atomic mass is 79.9. The van der Waals surface area contributed by atoms with Crippen molar-refractivity contribution in [2.75, 3.05) is 7.11 Å². The molecule has 2 N–H and O–H groups in total. The third-order valence-corrected chi connectivity index (χ3v) is 4.87. The quantitative estimate of drug-likeness (QED) is 0.842. The number of phenols is 1. The number of rotatable bonds is 5. The minimum Gasteiger partial charge on any atom is -0.503 e. The second-order valence-electron chi connectivity index (χ2n) is 5.65. The summed E-state index contributed by atoms with van der Waals surface area (Å²) >= 11 is 3.37. The van der Waals surface area contributed by atoms with Crippen LogP contribution in [0.1, 0.15) is 44.6 Å². The lowest BCUT2D eigenvalue weighted by atomic mass is 9.84. The molecule has 0 heterocycles. The van der Waals surface area contributed by atoms with E-state index >= 15 is 0 Å². The monoisotopic (exact) mass is 341 g/mol. The Morgan fingerprint density at radius 2 is 2.20 bits per heavy atom. The summed E-state index contributed by atoms with van der Waals surface area (Å²) in [6.45, 7) is 3.10. The second kappa shape index (κ2) is 7.32. The first-order valence-electron chi connectivity index (χ1n) is 7.42. The van der Waals surface area contributed by atoms with Crippen LogP contribution in [0.4, 0.5) is 0 Å². The molecule has 112 valence electrons. The third kappa shape index (κ3) is 3.89. The maximum Gasteiger partial charge on any atom is 0.172 e. The molecular weight excluding hydrogens is 318 g/mol. The van der Waals surface area contributed by atoms with Gasteiger partial charge in [0.15, 0.2) is 11.5 Å². The highest BCUT2D eigenvalue weighted by Gasteiger charge is 2.20. The molecule has 0 bridgehead atoms. The van der Waals surface area contributed by atoms with Gasteiger partial charge in [-0.25, -0.2) is 0 Å². The summed E-state index contributed by atoms with van der Waals surface area (Å²) in [6, 6.07) is 4.46. The van der Waals surface area contributed by atoms with E-state index in [9.17, 15) is 5.11 Å². The van der Waals surface area contributed by atoms with Crippen molar-refractivity contribution in [3.05, 3.63) is 22.2 Å². The van der Waals surface area contributed by atoms with Crippen molar-refractivity contribution in [1.82, 2.24) is 5.32 Å². The minimum absolute atomic E-state index is 0.167. The van der Waals surface area contributed by atoms with Gasteiger partial charge in [0.05, 0.1) is 11.6 Å². The summed E-state index contributed by atoms with van der Waals surface area (Å²) in [5.41, 5.74) is 1.13. The van der Waals surface area contributed by atoms with Gasteiger partial charge in [0, 0.05) is 12.6 Å². The van der Waals surface area contributed by atoms with Crippen molar-refractivity contribution in [1.29, 1.82) is 0 Å². The summed E-state index contributed by atoms with van der Waals surface area (Å²) in [5, 5.41) is 13.5. The Morgan fingerprint density at radius 1 is 1.40 bits per heavy atom. The first-order valence-corrected chi connectivity index (χ1v) is 8.22. The Hall–Kier alpha value is -0.740. The van der Waals surface area contributed by atoms with Gasteiger partial charge in [-0.15, -0.1) is 0 Å². The van der Waals surface area contributed by atoms with Crippen molar-refractivity contribution < 1.29 is 9.84 Å². The summed E-state index contributed by atoms with van der Waals surface area (Å²) in [5.74, 6) is 1.56. The van der Waals surface area contributed by atoms with Crippen LogP contribution in [0.3, 0.4) is 0 Å². The molecule has 1 aliphatic rings. The molecule has 4 heteroatoms. The molecule has 1 saturated carbocycles. The second-order valence-corrected chi connectivity index (χ2v) is 6.50. The molecule has 1 aliphatic carbocycles. The van der Waals surface area contributed by atoms with Gasteiger partial charge in [0.2, 0.25) is 0 Å². The van der Waals surface area contributed by atoms with Crippen LogP contribution in [-0.4, -0.2) is 18.3 Å². The van der Waals surface area contributed by atoms with Gasteiger partial charge in [0.25, 0.3) is 0 Å². The van der Waals surface area contributed by atoms with E-state index in [4.69, 9.17) is 4.74 Å². The number of phenolic OH excluding ortho intramolecular Hbond substituents is 1. The molecule has 0 amide bonds. The standard InChI is InChI=1S/C16H24BrNO2/c1-3-11-5-4-6-13(7-11)18-10-12-8-14(17)16(19)15(9-12)20-2/h8-9,11,13,18-19H,3-7,10H2,1-2H3. The van der Waals surface area contributed by atoms with Crippen LogP contribution in [0.25, 0.3) is 0 Å². The number of benzene rings is 1. The molecular formula is C16H24BrNO2. The Bertz CT molecular complexity index is 450. The van der Waals surface area contributed by atoms with Crippen LogP contribution in [0, 0.1) is 5.92 Å². The van der Waals surface area contributed by atoms with E-state index < -0.39 is 0 Å². The molecule has 1 aromatic rings. The fourth-order valence-corrected chi connectivity index (χ4v) is 3.48. The number of hydrogen-bond acceptors (Lipinski definition) is 3. The van der Waals surface area contributed by atoms with Gasteiger partial charge in [-0.3, -0.25) is 0 Å². The highest BCUT2D eigenvalue weighted by Crippen LogP contribution is 2.35. The van der Waals surface area contributed by atoms with Crippen LogP contribution < -0.4 is 10.1 Å². The Labute approximate surface area is 129 Å². The topological polar surface area (TPSA) is 41.5 Å². The molecule has 0 saturated heterocycles. The van der Waals surface area contributed by atoms with Gasteiger partial charge < -0.3 is 15.2 Å². The van der Waals surface area contributed by atoms with Crippen molar-refractivity contribution in [3.8, 4) is 11.5 Å². The molecule has 20 heavy (non-hydrogen) atoms. The predicted octanol–water partition coefficient (Wildman–Crippen LogP) is 4.22. The van der Waals surface area contributed by atoms with Crippen LogP contribution in [0.5, 0.6) is 11.5 Å². The molecule has 2 rings (SSSR count). The number of ether oxygens (including phenoxy) is 1. The molecule has 0 aromatic heterocycles. The summed E-state index contributed by atoms with van der Waals surface area (Å²) < 4.78 is 5.87. The lowest BCUT2D eigenvalue weighted by Gasteiger charge is -2.29. The first-order chi connectivity index (χ1) is 9.63. The van der Waals surface area contributed by atoms with Crippen LogP contribution >= 0.6 is 15.9 Å². The third-order valence-electron chi connectivity index (χ3n) is 4.26. The van der Waals surface area contributed by atoms with Crippen LogP contribution in [-0.2, 0) is 6.54 Å². The number of hydrogen-bond donors (Lipinski definition) is 2. The fourth-order valence-electron chi connectivity index (χ4n) is 2.99. The van der Waals surface area contributed by atoms with E-state index in [-0.39, 0.29) is 5.75 Å². The highest BCUT2D eigenvalue weighted by molar-refractivity contribution is 9.10. The van der Waals surface area contributed by atoms with Gasteiger partial charge in [-0.1, -0.05) is 26.2 Å². The maximum atomic E-state index is 9.81. The lowest BCUT2D eigenvalue weighted by Crippen LogP contribution is -2.33. The maximum absolute atomic E-state index is 9.81. The molecule has 0 aliphatic heterocycles. The summed E-state index contributed by atoms with van der Waals surface area (Å²) in [7, 11) is 1.58. The van der Waals surface area contributed by atoms with E-state index in [1.165, 1.54) is 32.1 Å². The van der Waals surface area contributed by atoms with E-state index in [1.807, 2.05) is 12.1 Å². The number of aromatic hydroxyl groups is 1. The molecule has 1 fully saturated rings. The molecule has 0 spiro atoms. The summed E-state index contributed by atoms with van der Waals surface area (Å²) in [6.07, 6.45) is 6.56. The first kappa shape index (κ1) is 15.6. The predicted molar refractivity (Wildman–Crippen MR) is 85.2 cm³/mol. The molecule has 3 nitrogen and oxygen atoms in total. The smallest absolute Gasteiger partial charge is 0.172 e. The molecule has 1 aromatic carbocycles. The number of halogens is 1. The summed E-state index contributed by atoms with van der Waals surface area (Å²) in [4.78, 5) is 0. The van der Waals surface area contributed by atoms with Crippen molar-refractivity contribution in [2.24, 2.45) is 5.92 Å². The molecule has 0 radical (unpaired) electrons. The Kier molecular flexibility index (Phi) is 5.73. The van der Waals surface area contributed by atoms with Crippen LogP contribution in [0.15, 0.2) is 16.6 Å². The average molecular weight is 342 g/mol. The van der Waals surface area contributed by atoms with E-state index in [1.54, 1.807) is 7.11 Å². The van der Waals surface area contributed by atoms with Crippen molar-refractivity contribution >= 4 is 15.9 Å². The lowest BCUT2D eigenvalue weighted by molar-refractivity contribution is 0.278. The van der Waals surface area contributed by atoms with Crippen molar-refractivity contribution in [2.45, 2.75) is 51.6 Å². The van der Waals surface area contributed by atoms with Gasteiger partial charge in [0.1, 0.15) is 0 Å². The SMILES string of the molecule is CCC1CCCC(NCc2cc(Br)c(O)c(OC)c2)C1. The Balaban J connectivity index is 1.95. The minimum atomic E-state index is 0.167. The van der Waals surface area contributed by atoms with Gasteiger partial charge >= 0.3 is 0 Å². The normalized spacial score (nSPS) is 22.8. The average Bonchev–Trinajstić information content (AvgIpc) is 2.48. The van der Waals surface area contributed by atoms with E-state index in [0.29, 0.717) is 16.3 Å². The number of methoxy groups -OCH3 is 1. The number of nitrogens with one attached hydrogen (secondary N) is 1. The van der Waals surface area contributed by atoms with E-state index in [0.717, 1.165) is 18.0 Å². The van der Waals surface area contributed by atoms with Crippen molar-refractivity contribution in [3.63, 3.8) is 0 Å². The zero-order valence-corrected chi connectivity index (χ0v) is 13.9. The largest absolute Gasteiger partial charge is 0.503 e. The van der Waals surface area contributed by atoms with Crippen LogP contribution in [0.2, 0.25) is 0 Å². The van der Waals surface area contributed by atoms with Gasteiger partial charge in [-0.05, 0) is 52.4 Å². The molecule has 2 atom stereocenters. The Morgan fingerprint density at radius 3 is 2.90 bits per heavy atom. The zero-order chi connectivity index (χ0) is 14.5. The molecule has 2 unspecified atom stereocenters. The van der Waals surface area contributed by atoms with E-state index in [2.05, 4.69) is 28.2 Å². The zero-order valence-electron chi connectivity index (χ0n) is 12.3. The fraction of sp³-hybridized carbons (Fsp3) is 0.625. The van der Waals surface area contributed by atoms with Gasteiger partial charge in [-0.2, -0.15) is 0 Å².